The van der Waals surface area contributed by atoms with Crippen LogP contribution in [0.1, 0.15) is 44.1 Å². The zero-order chi connectivity index (χ0) is 13.8. The van der Waals surface area contributed by atoms with Crippen LogP contribution >= 0.6 is 0 Å². The van der Waals surface area contributed by atoms with E-state index >= 15 is 0 Å². The Hall–Kier alpha value is -2.17. The Balaban J connectivity index is 2.22. The molecule has 1 unspecified atom stereocenters. The van der Waals surface area contributed by atoms with Gasteiger partial charge in [-0.15, -0.1) is 0 Å². The van der Waals surface area contributed by atoms with Gasteiger partial charge in [0.15, 0.2) is 0 Å². The van der Waals surface area contributed by atoms with Crippen molar-refractivity contribution in [3.63, 3.8) is 0 Å². The molecule has 0 bridgehead atoms. The summed E-state index contributed by atoms with van der Waals surface area (Å²) in [5, 5.41) is 3.22. The van der Waals surface area contributed by atoms with Crippen molar-refractivity contribution in [3.8, 4) is 0 Å². The predicted octanol–water partition coefficient (Wildman–Crippen LogP) is 2.46. The number of rotatable bonds is 4. The summed E-state index contributed by atoms with van der Waals surface area (Å²) in [6.45, 7) is 5.99. The van der Waals surface area contributed by atoms with Crippen LogP contribution in [-0.2, 0) is 0 Å². The molecule has 5 nitrogen and oxygen atoms in total. The van der Waals surface area contributed by atoms with Crippen molar-refractivity contribution in [2.45, 2.75) is 32.7 Å². The normalized spacial score (nSPS) is 12.4. The van der Waals surface area contributed by atoms with E-state index in [0.29, 0.717) is 11.6 Å². The third-order valence-corrected chi connectivity index (χ3v) is 2.86. The van der Waals surface area contributed by atoms with Gasteiger partial charge in [0.2, 0.25) is 0 Å². The van der Waals surface area contributed by atoms with Crippen LogP contribution in [0.5, 0.6) is 0 Å². The molecule has 2 aromatic rings. The molecule has 0 aliphatic carbocycles. The van der Waals surface area contributed by atoms with Crippen LogP contribution in [0.3, 0.4) is 0 Å². The Morgan fingerprint density at radius 2 is 2.11 bits per heavy atom. The average molecular weight is 258 g/mol. The van der Waals surface area contributed by atoms with Crippen LogP contribution < -0.4 is 10.9 Å². The summed E-state index contributed by atoms with van der Waals surface area (Å²) in [7, 11) is 0. The first-order valence-electron chi connectivity index (χ1n) is 6.34. The second-order valence-corrected chi connectivity index (χ2v) is 4.82. The molecule has 1 atom stereocenters. The number of anilines is 1. The number of hydrogen-bond donors (Lipinski definition) is 2. The zero-order valence-electron chi connectivity index (χ0n) is 11.3. The first-order chi connectivity index (χ1) is 9.06. The van der Waals surface area contributed by atoms with Gasteiger partial charge in [0.05, 0.1) is 6.04 Å². The first-order valence-corrected chi connectivity index (χ1v) is 6.34. The Bertz CT molecular complexity index is 592. The number of aromatic amines is 1. The van der Waals surface area contributed by atoms with Crippen molar-refractivity contribution in [2.24, 2.45) is 0 Å². The van der Waals surface area contributed by atoms with Crippen molar-refractivity contribution in [1.29, 1.82) is 0 Å². The fraction of sp³-hybridized carbons (Fsp3) is 0.357. The van der Waals surface area contributed by atoms with Crippen molar-refractivity contribution >= 4 is 5.82 Å². The third kappa shape index (κ3) is 3.40. The van der Waals surface area contributed by atoms with Crippen LogP contribution in [0.15, 0.2) is 35.4 Å². The van der Waals surface area contributed by atoms with E-state index in [4.69, 9.17) is 0 Å². The van der Waals surface area contributed by atoms with Crippen molar-refractivity contribution in [2.75, 3.05) is 5.32 Å². The maximum atomic E-state index is 11.6. The van der Waals surface area contributed by atoms with Crippen LogP contribution in [-0.4, -0.2) is 15.0 Å². The maximum absolute atomic E-state index is 11.6. The van der Waals surface area contributed by atoms with Gasteiger partial charge in [-0.2, -0.15) is 0 Å². The topological polar surface area (TPSA) is 70.7 Å². The van der Waals surface area contributed by atoms with Gasteiger partial charge in [-0.1, -0.05) is 19.9 Å². The average Bonchev–Trinajstić information content (AvgIpc) is 2.39. The molecule has 2 N–H and O–H groups in total. The van der Waals surface area contributed by atoms with Crippen LogP contribution in [0.2, 0.25) is 0 Å². The number of nitrogens with zero attached hydrogens (tertiary/aromatic N) is 2. The summed E-state index contributed by atoms with van der Waals surface area (Å²) < 4.78 is 0. The summed E-state index contributed by atoms with van der Waals surface area (Å²) >= 11 is 0. The highest BCUT2D eigenvalue weighted by molar-refractivity contribution is 5.37. The SMILES string of the molecule is CC(C)c1nc(NC(C)c2cccnc2)cc(=O)[nH]1. The lowest BCUT2D eigenvalue weighted by molar-refractivity contribution is 0.760. The van der Waals surface area contributed by atoms with E-state index in [1.54, 1.807) is 12.4 Å². The highest BCUT2D eigenvalue weighted by atomic mass is 16.1. The molecule has 0 spiro atoms. The molecule has 2 heterocycles. The lowest BCUT2D eigenvalue weighted by Crippen LogP contribution is -2.16. The van der Waals surface area contributed by atoms with Gasteiger partial charge < -0.3 is 10.3 Å². The molecule has 0 aliphatic rings. The molecule has 0 saturated carbocycles. The quantitative estimate of drug-likeness (QED) is 0.883. The van der Waals surface area contributed by atoms with E-state index in [1.807, 2.05) is 32.9 Å². The lowest BCUT2D eigenvalue weighted by Gasteiger charge is -2.15. The summed E-state index contributed by atoms with van der Waals surface area (Å²) in [5.74, 6) is 1.46. The largest absolute Gasteiger partial charge is 0.363 e. The Kier molecular flexibility index (Phi) is 3.94. The highest BCUT2D eigenvalue weighted by Gasteiger charge is 2.09. The Morgan fingerprint density at radius 1 is 1.32 bits per heavy atom. The fourth-order valence-electron chi connectivity index (χ4n) is 1.76. The summed E-state index contributed by atoms with van der Waals surface area (Å²) in [6.07, 6.45) is 3.53. The monoisotopic (exact) mass is 258 g/mol. The van der Waals surface area contributed by atoms with Gasteiger partial charge in [0.25, 0.3) is 5.56 Å². The molecule has 19 heavy (non-hydrogen) atoms. The number of pyridine rings is 1. The van der Waals surface area contributed by atoms with Gasteiger partial charge in [0.1, 0.15) is 11.6 Å². The van der Waals surface area contributed by atoms with Crippen LogP contribution in [0.4, 0.5) is 5.82 Å². The van der Waals surface area contributed by atoms with Gasteiger partial charge in [-0.05, 0) is 18.6 Å². The number of nitrogens with one attached hydrogen (secondary N) is 2. The van der Waals surface area contributed by atoms with Crippen molar-refractivity contribution in [3.05, 3.63) is 52.3 Å². The molecule has 0 aromatic carbocycles. The molecular weight excluding hydrogens is 240 g/mol. The van der Waals surface area contributed by atoms with E-state index < -0.39 is 0 Å². The molecule has 2 rings (SSSR count). The van der Waals surface area contributed by atoms with Crippen molar-refractivity contribution < 1.29 is 0 Å². The molecular formula is C14H18N4O. The Labute approximate surface area is 112 Å². The Morgan fingerprint density at radius 3 is 2.74 bits per heavy atom. The second-order valence-electron chi connectivity index (χ2n) is 4.82. The molecule has 0 fully saturated rings. The van der Waals surface area contributed by atoms with E-state index in [9.17, 15) is 4.79 Å². The highest BCUT2D eigenvalue weighted by Crippen LogP contribution is 2.17. The summed E-state index contributed by atoms with van der Waals surface area (Å²) in [4.78, 5) is 22.8. The number of H-pyrrole nitrogens is 1. The maximum Gasteiger partial charge on any atom is 0.252 e. The van der Waals surface area contributed by atoms with E-state index in [-0.39, 0.29) is 17.5 Å². The smallest absolute Gasteiger partial charge is 0.252 e. The minimum atomic E-state index is -0.139. The first kappa shape index (κ1) is 13.3. The van der Waals surface area contributed by atoms with Crippen molar-refractivity contribution in [1.82, 2.24) is 15.0 Å². The molecule has 0 saturated heterocycles. The molecule has 2 aromatic heterocycles. The summed E-state index contributed by atoms with van der Waals surface area (Å²) in [6, 6.07) is 5.39. The zero-order valence-corrected chi connectivity index (χ0v) is 11.3. The van der Waals surface area contributed by atoms with Gasteiger partial charge >= 0.3 is 0 Å². The molecule has 5 heteroatoms. The third-order valence-electron chi connectivity index (χ3n) is 2.86. The minimum Gasteiger partial charge on any atom is -0.363 e. The molecule has 0 radical (unpaired) electrons. The van der Waals surface area contributed by atoms with E-state index in [2.05, 4.69) is 20.3 Å². The predicted molar refractivity (Wildman–Crippen MR) is 75.2 cm³/mol. The van der Waals surface area contributed by atoms with Crippen LogP contribution in [0.25, 0.3) is 0 Å². The fourth-order valence-corrected chi connectivity index (χ4v) is 1.76. The van der Waals surface area contributed by atoms with Gasteiger partial charge in [-0.25, -0.2) is 4.98 Å². The van der Waals surface area contributed by atoms with E-state index in [0.717, 1.165) is 5.56 Å². The molecule has 0 aliphatic heterocycles. The minimum absolute atomic E-state index is 0.0445. The lowest BCUT2D eigenvalue weighted by atomic mass is 10.1. The summed E-state index contributed by atoms with van der Waals surface area (Å²) in [5.41, 5.74) is 0.912. The van der Waals surface area contributed by atoms with Gasteiger partial charge in [0, 0.05) is 24.4 Å². The van der Waals surface area contributed by atoms with E-state index in [1.165, 1.54) is 6.07 Å². The molecule has 0 amide bonds. The standard InChI is InChI=1S/C14H18N4O/c1-9(2)14-17-12(7-13(19)18-14)16-10(3)11-5-4-6-15-8-11/h4-10H,1-3H3,(H2,16,17,18,19). The van der Waals surface area contributed by atoms with Crippen LogP contribution in [0, 0.1) is 0 Å². The second kappa shape index (κ2) is 5.65. The number of aromatic nitrogens is 3. The van der Waals surface area contributed by atoms with Gasteiger partial charge in [-0.3, -0.25) is 9.78 Å². The number of hydrogen-bond acceptors (Lipinski definition) is 4. The molecule has 100 valence electrons.